The number of hydrazine groups is 1. The van der Waals surface area contributed by atoms with Crippen LogP contribution in [-0.2, 0) is 14.3 Å². The summed E-state index contributed by atoms with van der Waals surface area (Å²) >= 11 is 3.10. The van der Waals surface area contributed by atoms with Crippen molar-refractivity contribution >= 4 is 62.9 Å². The number of aromatic nitrogens is 2. The Morgan fingerprint density at radius 3 is 2.45 bits per heavy atom. The molecule has 3 aromatic heterocycles. The standard InChI is InChI=1S/C28H29N5O4S2.ClH/c1-17-16-22(34)33(28(17)35)32(3)26-23-18(2)24(39-27(23)31-25(30-26)21-6-5-15-38-21)19-7-9-20(10-8-19)37-14-12-29-11-13-36-4;/h5-10,15-16,29H,11-14H2,1-4H3;1H. The second-order valence-electron chi connectivity index (χ2n) is 9.01. The number of methoxy groups -OCH3 is 1. The molecule has 0 bridgehead atoms. The van der Waals surface area contributed by atoms with Crippen LogP contribution >= 0.6 is 35.1 Å². The zero-order chi connectivity index (χ0) is 27.5. The van der Waals surface area contributed by atoms with Crippen LogP contribution in [0.15, 0.2) is 53.4 Å². The maximum atomic E-state index is 12.8. The first-order valence-electron chi connectivity index (χ1n) is 12.5. The Labute approximate surface area is 246 Å². The summed E-state index contributed by atoms with van der Waals surface area (Å²) in [5, 5.41) is 8.71. The smallest absolute Gasteiger partial charge is 0.275 e. The summed E-state index contributed by atoms with van der Waals surface area (Å²) in [5.74, 6) is 1.11. The number of aryl methyl sites for hydroxylation is 1. The van der Waals surface area contributed by atoms with E-state index < -0.39 is 0 Å². The van der Waals surface area contributed by atoms with Gasteiger partial charge in [-0.15, -0.1) is 35.1 Å². The Balaban J connectivity index is 0.00000370. The van der Waals surface area contributed by atoms with E-state index in [-0.39, 0.29) is 24.2 Å². The number of benzene rings is 1. The molecule has 2 amide bonds. The van der Waals surface area contributed by atoms with Gasteiger partial charge in [0.05, 0.1) is 16.9 Å². The van der Waals surface area contributed by atoms with E-state index >= 15 is 0 Å². The molecule has 0 saturated carbocycles. The van der Waals surface area contributed by atoms with Gasteiger partial charge < -0.3 is 14.8 Å². The molecule has 0 unspecified atom stereocenters. The molecular weight excluding hydrogens is 570 g/mol. The number of thiophene rings is 2. The monoisotopic (exact) mass is 599 g/mol. The normalized spacial score (nSPS) is 13.1. The first kappa shape index (κ1) is 29.6. The van der Waals surface area contributed by atoms with Gasteiger partial charge in [0.15, 0.2) is 11.6 Å². The second kappa shape index (κ2) is 12.9. The summed E-state index contributed by atoms with van der Waals surface area (Å²) < 4.78 is 10.9. The van der Waals surface area contributed by atoms with E-state index in [2.05, 4.69) is 5.32 Å². The van der Waals surface area contributed by atoms with Crippen molar-refractivity contribution < 1.29 is 19.1 Å². The predicted octanol–water partition coefficient (Wildman–Crippen LogP) is 5.10. The van der Waals surface area contributed by atoms with Crippen LogP contribution in [0.5, 0.6) is 5.75 Å². The van der Waals surface area contributed by atoms with E-state index in [0.717, 1.165) is 54.9 Å². The number of imide groups is 1. The van der Waals surface area contributed by atoms with Crippen molar-refractivity contribution in [3.63, 3.8) is 0 Å². The highest BCUT2D eigenvalue weighted by atomic mass is 35.5. The van der Waals surface area contributed by atoms with E-state index in [1.165, 1.54) is 17.4 Å². The molecule has 12 heteroatoms. The number of carbonyl (C=O) groups excluding carboxylic acids is 2. The van der Waals surface area contributed by atoms with E-state index in [4.69, 9.17) is 19.4 Å². The van der Waals surface area contributed by atoms with Crippen LogP contribution in [0.2, 0.25) is 0 Å². The molecule has 210 valence electrons. The van der Waals surface area contributed by atoms with Crippen LogP contribution < -0.4 is 15.1 Å². The summed E-state index contributed by atoms with van der Waals surface area (Å²) in [5.41, 5.74) is 2.40. The van der Waals surface area contributed by atoms with Gasteiger partial charge in [0.2, 0.25) is 0 Å². The molecule has 4 heterocycles. The SMILES string of the molecule is COCCNCCOc1ccc(-c2sc3nc(-c4cccs4)nc(N(C)N4C(=O)C=C(C)C4=O)c3c2C)cc1.Cl. The van der Waals surface area contributed by atoms with E-state index in [1.54, 1.807) is 37.4 Å². The minimum absolute atomic E-state index is 0. The first-order chi connectivity index (χ1) is 18.9. The number of hydrogen-bond donors (Lipinski definition) is 1. The molecule has 4 aromatic rings. The van der Waals surface area contributed by atoms with Gasteiger partial charge in [0.1, 0.15) is 17.2 Å². The van der Waals surface area contributed by atoms with Crippen molar-refractivity contribution in [1.82, 2.24) is 20.3 Å². The number of nitrogens with zero attached hydrogens (tertiary/aromatic N) is 4. The summed E-state index contributed by atoms with van der Waals surface area (Å²) in [7, 11) is 3.37. The average Bonchev–Trinajstić information content (AvgIpc) is 3.64. The molecular formula is C28H30ClN5O4S2. The maximum absolute atomic E-state index is 12.8. The molecule has 1 aliphatic heterocycles. The van der Waals surface area contributed by atoms with Crippen molar-refractivity contribution in [2.24, 2.45) is 0 Å². The van der Waals surface area contributed by atoms with Crippen molar-refractivity contribution in [2.45, 2.75) is 13.8 Å². The third-order valence-corrected chi connectivity index (χ3v) is 8.45. The molecule has 0 saturated heterocycles. The summed E-state index contributed by atoms with van der Waals surface area (Å²) in [4.78, 5) is 37.9. The number of carbonyl (C=O) groups is 2. The topological polar surface area (TPSA) is 96.9 Å². The zero-order valence-corrected chi connectivity index (χ0v) is 25.0. The second-order valence-corrected chi connectivity index (χ2v) is 11.0. The number of nitrogens with one attached hydrogen (secondary N) is 1. The van der Waals surface area contributed by atoms with Crippen LogP contribution in [0.1, 0.15) is 12.5 Å². The van der Waals surface area contributed by atoms with Crippen LogP contribution in [-0.4, -0.2) is 67.3 Å². The van der Waals surface area contributed by atoms with Crippen LogP contribution in [0.4, 0.5) is 5.82 Å². The fourth-order valence-electron chi connectivity index (χ4n) is 4.34. The number of anilines is 1. The number of halogens is 1. The number of hydrogen-bond acceptors (Lipinski definition) is 10. The highest BCUT2D eigenvalue weighted by Gasteiger charge is 2.34. The van der Waals surface area contributed by atoms with Crippen molar-refractivity contribution in [2.75, 3.05) is 45.5 Å². The van der Waals surface area contributed by atoms with Crippen molar-refractivity contribution in [3.05, 3.63) is 59.0 Å². The van der Waals surface area contributed by atoms with Gasteiger partial charge in [-0.25, -0.2) is 9.97 Å². The minimum Gasteiger partial charge on any atom is -0.492 e. The van der Waals surface area contributed by atoms with Gasteiger partial charge in [-0.3, -0.25) is 14.6 Å². The Morgan fingerprint density at radius 2 is 1.80 bits per heavy atom. The number of amides is 2. The summed E-state index contributed by atoms with van der Waals surface area (Å²) in [6.45, 7) is 6.41. The van der Waals surface area contributed by atoms with Gasteiger partial charge in [0, 0.05) is 43.8 Å². The molecule has 40 heavy (non-hydrogen) atoms. The highest BCUT2D eigenvalue weighted by Crippen LogP contribution is 2.43. The van der Waals surface area contributed by atoms with Crippen molar-refractivity contribution in [1.29, 1.82) is 0 Å². The molecule has 5 rings (SSSR count). The third-order valence-electron chi connectivity index (χ3n) is 6.34. The quantitative estimate of drug-likeness (QED) is 0.188. The van der Waals surface area contributed by atoms with Gasteiger partial charge in [-0.1, -0.05) is 6.07 Å². The molecule has 0 radical (unpaired) electrons. The van der Waals surface area contributed by atoms with Gasteiger partial charge in [0.25, 0.3) is 11.8 Å². The molecule has 0 fully saturated rings. The zero-order valence-electron chi connectivity index (χ0n) is 22.6. The Hall–Kier alpha value is -3.35. The first-order valence-corrected chi connectivity index (χ1v) is 14.2. The van der Waals surface area contributed by atoms with Crippen LogP contribution in [0, 0.1) is 6.92 Å². The molecule has 1 aliphatic rings. The van der Waals surface area contributed by atoms with Crippen LogP contribution in [0.25, 0.3) is 31.4 Å². The van der Waals surface area contributed by atoms with Gasteiger partial charge in [-0.05, 0) is 60.7 Å². The number of rotatable bonds is 11. The third kappa shape index (κ3) is 5.89. The highest BCUT2D eigenvalue weighted by molar-refractivity contribution is 7.22. The lowest BCUT2D eigenvalue weighted by Gasteiger charge is -2.28. The fourth-order valence-corrected chi connectivity index (χ4v) is 6.18. The lowest BCUT2D eigenvalue weighted by Crippen LogP contribution is -2.45. The Bertz CT molecular complexity index is 1540. The summed E-state index contributed by atoms with van der Waals surface area (Å²) in [6.07, 6.45) is 1.35. The fraction of sp³-hybridized carbons (Fsp3) is 0.286. The molecule has 0 atom stereocenters. The van der Waals surface area contributed by atoms with E-state index in [9.17, 15) is 9.59 Å². The molecule has 1 N–H and O–H groups in total. The number of fused-ring (bicyclic) bond motifs is 1. The molecule has 0 aliphatic carbocycles. The summed E-state index contributed by atoms with van der Waals surface area (Å²) in [6, 6.07) is 11.9. The van der Waals surface area contributed by atoms with E-state index in [1.807, 2.05) is 48.7 Å². The Kier molecular flexibility index (Phi) is 9.54. The van der Waals surface area contributed by atoms with Crippen molar-refractivity contribution in [3.8, 4) is 26.9 Å². The largest absolute Gasteiger partial charge is 0.492 e. The number of ether oxygens (including phenoxy) is 2. The van der Waals surface area contributed by atoms with Crippen LogP contribution in [0.3, 0.4) is 0 Å². The Morgan fingerprint density at radius 1 is 1.05 bits per heavy atom. The molecule has 9 nitrogen and oxygen atoms in total. The molecule has 1 aromatic carbocycles. The maximum Gasteiger partial charge on any atom is 0.275 e. The predicted molar refractivity (Wildman–Crippen MR) is 162 cm³/mol. The minimum atomic E-state index is -0.387. The average molecular weight is 600 g/mol. The molecule has 0 spiro atoms. The van der Waals surface area contributed by atoms with Gasteiger partial charge in [-0.2, -0.15) is 5.01 Å². The lowest BCUT2D eigenvalue weighted by molar-refractivity contribution is -0.137. The lowest BCUT2D eigenvalue weighted by atomic mass is 10.1. The van der Waals surface area contributed by atoms with E-state index in [0.29, 0.717) is 30.4 Å². The van der Waals surface area contributed by atoms with Gasteiger partial charge >= 0.3 is 0 Å².